The third kappa shape index (κ3) is 0.361. The van der Waals surface area contributed by atoms with Crippen molar-refractivity contribution in [3.8, 4) is 0 Å². The van der Waals surface area contributed by atoms with Gasteiger partial charge in [0.05, 0.1) is 12.7 Å². The summed E-state index contributed by atoms with van der Waals surface area (Å²) in [6, 6.07) is 0. The number of hydrogen-bond donors (Lipinski definition) is 1. The first kappa shape index (κ1) is 4.77. The van der Waals surface area contributed by atoms with Crippen molar-refractivity contribution in [3.05, 3.63) is 0 Å². The summed E-state index contributed by atoms with van der Waals surface area (Å²) in [6.07, 6.45) is 0.517. The lowest BCUT2D eigenvalue weighted by molar-refractivity contribution is -0.199. The SMILES string of the molecule is CC1OCC12CNC2. The summed E-state index contributed by atoms with van der Waals surface area (Å²) >= 11 is 0. The molecule has 2 fully saturated rings. The molecule has 0 radical (unpaired) electrons. The summed E-state index contributed by atoms with van der Waals surface area (Å²) in [4.78, 5) is 0. The fourth-order valence-electron chi connectivity index (χ4n) is 1.32. The quantitative estimate of drug-likeness (QED) is 0.477. The van der Waals surface area contributed by atoms with E-state index in [-0.39, 0.29) is 0 Å². The second kappa shape index (κ2) is 1.25. The zero-order valence-corrected chi connectivity index (χ0v) is 5.11. The maximum Gasteiger partial charge on any atom is 0.0650 e. The number of ether oxygens (including phenoxy) is 1. The van der Waals surface area contributed by atoms with Crippen LogP contribution in [0.3, 0.4) is 0 Å². The molecule has 1 spiro atoms. The molecule has 2 nitrogen and oxygen atoms in total. The van der Waals surface area contributed by atoms with Crippen LogP contribution in [-0.2, 0) is 4.74 Å². The minimum Gasteiger partial charge on any atom is -0.377 e. The van der Waals surface area contributed by atoms with Gasteiger partial charge in [-0.15, -0.1) is 0 Å². The van der Waals surface area contributed by atoms with E-state index in [1.807, 2.05) is 0 Å². The highest BCUT2D eigenvalue weighted by Gasteiger charge is 2.50. The van der Waals surface area contributed by atoms with Crippen LogP contribution in [0.25, 0.3) is 0 Å². The van der Waals surface area contributed by atoms with Crippen LogP contribution in [0, 0.1) is 5.41 Å². The summed E-state index contributed by atoms with van der Waals surface area (Å²) < 4.78 is 5.25. The molecule has 0 aromatic rings. The largest absolute Gasteiger partial charge is 0.377 e. The average molecular weight is 113 g/mol. The Balaban J connectivity index is 2.03. The second-order valence-corrected chi connectivity index (χ2v) is 2.92. The average Bonchev–Trinajstić information content (AvgIpc) is 1.58. The molecule has 0 aromatic carbocycles. The molecule has 2 heteroatoms. The molecule has 2 aliphatic rings. The van der Waals surface area contributed by atoms with Gasteiger partial charge in [-0.3, -0.25) is 0 Å². The Labute approximate surface area is 49.2 Å². The van der Waals surface area contributed by atoms with Gasteiger partial charge in [0.15, 0.2) is 0 Å². The monoisotopic (exact) mass is 113 g/mol. The van der Waals surface area contributed by atoms with Crippen LogP contribution >= 0.6 is 0 Å². The smallest absolute Gasteiger partial charge is 0.0650 e. The molecule has 1 atom stereocenters. The number of nitrogens with one attached hydrogen (secondary N) is 1. The fourth-order valence-corrected chi connectivity index (χ4v) is 1.32. The first-order valence-electron chi connectivity index (χ1n) is 3.16. The molecule has 0 aromatic heterocycles. The molecule has 0 bridgehead atoms. The first-order chi connectivity index (χ1) is 3.83. The predicted molar refractivity (Wildman–Crippen MR) is 30.7 cm³/mol. The Hall–Kier alpha value is -0.0800. The Morgan fingerprint density at radius 2 is 2.38 bits per heavy atom. The molecule has 1 unspecified atom stereocenters. The summed E-state index contributed by atoms with van der Waals surface area (Å²) in [6.45, 7) is 5.49. The van der Waals surface area contributed by atoms with Crippen molar-refractivity contribution in [1.82, 2.24) is 5.32 Å². The summed E-state index contributed by atoms with van der Waals surface area (Å²) in [7, 11) is 0. The van der Waals surface area contributed by atoms with Gasteiger partial charge in [-0.1, -0.05) is 0 Å². The van der Waals surface area contributed by atoms with E-state index in [0.717, 1.165) is 6.61 Å². The van der Waals surface area contributed by atoms with Crippen LogP contribution in [-0.4, -0.2) is 25.8 Å². The van der Waals surface area contributed by atoms with Crippen molar-refractivity contribution in [2.45, 2.75) is 13.0 Å². The van der Waals surface area contributed by atoms with Crippen LogP contribution in [0.5, 0.6) is 0 Å². The lowest BCUT2D eigenvalue weighted by Gasteiger charge is -2.54. The minimum absolute atomic E-state index is 0.517. The lowest BCUT2D eigenvalue weighted by atomic mass is 9.74. The van der Waals surface area contributed by atoms with Crippen LogP contribution in [0.2, 0.25) is 0 Å². The highest BCUT2D eigenvalue weighted by molar-refractivity contribution is 5.02. The fraction of sp³-hybridized carbons (Fsp3) is 1.00. The summed E-state index contributed by atoms with van der Waals surface area (Å²) in [5.41, 5.74) is 0.569. The molecule has 8 heavy (non-hydrogen) atoms. The third-order valence-corrected chi connectivity index (χ3v) is 2.44. The van der Waals surface area contributed by atoms with Crippen LogP contribution in [0.1, 0.15) is 6.92 Å². The van der Waals surface area contributed by atoms with E-state index in [0.29, 0.717) is 11.5 Å². The van der Waals surface area contributed by atoms with E-state index < -0.39 is 0 Å². The lowest BCUT2D eigenvalue weighted by Crippen LogP contribution is -2.68. The van der Waals surface area contributed by atoms with Gasteiger partial charge in [-0.25, -0.2) is 0 Å². The van der Waals surface area contributed by atoms with E-state index >= 15 is 0 Å². The zero-order valence-electron chi connectivity index (χ0n) is 5.11. The van der Waals surface area contributed by atoms with Crippen molar-refractivity contribution in [3.63, 3.8) is 0 Å². The van der Waals surface area contributed by atoms with Crippen LogP contribution in [0.4, 0.5) is 0 Å². The molecule has 1 N–H and O–H groups in total. The maximum absolute atomic E-state index is 5.25. The highest BCUT2D eigenvalue weighted by Crippen LogP contribution is 2.37. The standard InChI is InChI=1S/C6H11NO/c1-5-6(4-8-5)2-7-3-6/h5,7H,2-4H2,1H3. The Morgan fingerprint density at radius 1 is 1.62 bits per heavy atom. The molecular formula is C6H11NO. The molecule has 2 aliphatic heterocycles. The molecule has 0 amide bonds. The van der Waals surface area contributed by atoms with Gasteiger partial charge in [-0.2, -0.15) is 0 Å². The second-order valence-electron chi connectivity index (χ2n) is 2.92. The van der Waals surface area contributed by atoms with Gasteiger partial charge < -0.3 is 10.1 Å². The van der Waals surface area contributed by atoms with E-state index in [1.165, 1.54) is 13.1 Å². The normalized spacial score (nSPS) is 40.9. The van der Waals surface area contributed by atoms with E-state index in [9.17, 15) is 0 Å². The molecule has 0 aliphatic carbocycles. The van der Waals surface area contributed by atoms with Gasteiger partial charge >= 0.3 is 0 Å². The van der Waals surface area contributed by atoms with Crippen LogP contribution < -0.4 is 5.32 Å². The third-order valence-electron chi connectivity index (χ3n) is 2.44. The predicted octanol–water partition coefficient (Wildman–Crippen LogP) is -0.00530. The highest BCUT2D eigenvalue weighted by atomic mass is 16.5. The van der Waals surface area contributed by atoms with Crippen molar-refractivity contribution in [2.24, 2.45) is 5.41 Å². The van der Waals surface area contributed by atoms with Gasteiger partial charge in [0.2, 0.25) is 0 Å². The van der Waals surface area contributed by atoms with E-state index in [1.54, 1.807) is 0 Å². The van der Waals surface area contributed by atoms with E-state index in [4.69, 9.17) is 4.74 Å². The van der Waals surface area contributed by atoms with Crippen molar-refractivity contribution < 1.29 is 4.74 Å². The van der Waals surface area contributed by atoms with Crippen molar-refractivity contribution in [2.75, 3.05) is 19.7 Å². The molecule has 2 saturated heterocycles. The van der Waals surface area contributed by atoms with Gasteiger partial charge in [0, 0.05) is 18.5 Å². The van der Waals surface area contributed by atoms with Gasteiger partial charge in [0.25, 0.3) is 0 Å². The minimum atomic E-state index is 0.517. The van der Waals surface area contributed by atoms with E-state index in [2.05, 4.69) is 12.2 Å². The topological polar surface area (TPSA) is 21.3 Å². The molecule has 2 heterocycles. The Kier molecular flexibility index (Phi) is 0.746. The first-order valence-corrected chi connectivity index (χ1v) is 3.16. The van der Waals surface area contributed by atoms with Gasteiger partial charge in [-0.05, 0) is 6.92 Å². The Morgan fingerprint density at radius 3 is 2.38 bits per heavy atom. The van der Waals surface area contributed by atoms with Gasteiger partial charge in [0.1, 0.15) is 0 Å². The zero-order chi connectivity index (χ0) is 5.61. The summed E-state index contributed by atoms with van der Waals surface area (Å²) in [5.74, 6) is 0. The van der Waals surface area contributed by atoms with Crippen molar-refractivity contribution >= 4 is 0 Å². The molecular weight excluding hydrogens is 102 g/mol. The molecule has 2 rings (SSSR count). The van der Waals surface area contributed by atoms with Crippen molar-refractivity contribution in [1.29, 1.82) is 0 Å². The van der Waals surface area contributed by atoms with Crippen LogP contribution in [0.15, 0.2) is 0 Å². The number of rotatable bonds is 0. The molecule has 0 saturated carbocycles. The maximum atomic E-state index is 5.25. The molecule has 46 valence electrons. The Bertz CT molecular complexity index is 104. The number of hydrogen-bond acceptors (Lipinski definition) is 2. The summed E-state index contributed by atoms with van der Waals surface area (Å²) in [5, 5.41) is 3.25.